The Bertz CT molecular complexity index is 1240. The van der Waals surface area contributed by atoms with E-state index in [-0.39, 0.29) is 72.0 Å². The SMILES string of the molecule is CC(C)(C)OC(=O)CN1CCN(CC(=O)O)CCN(CC(=O)OC(C)(C)C)CCN(C(=O)Cn2cc(F)c(=O)[nH]c2=O)CC1. The zero-order chi connectivity index (χ0) is 33.2. The zero-order valence-electron chi connectivity index (χ0n) is 26.4. The number of nitrogens with zero attached hydrogens (tertiary/aromatic N) is 5. The molecule has 16 heteroatoms. The molecule has 0 spiro atoms. The molecule has 2 N–H and O–H groups in total. The zero-order valence-corrected chi connectivity index (χ0v) is 26.4. The largest absolute Gasteiger partial charge is 0.480 e. The predicted molar refractivity (Wildman–Crippen MR) is 157 cm³/mol. The average Bonchev–Trinajstić information content (AvgIpc) is 2.84. The van der Waals surface area contributed by atoms with E-state index < -0.39 is 58.6 Å². The summed E-state index contributed by atoms with van der Waals surface area (Å²) in [6.45, 7) is 11.0. The molecule has 44 heavy (non-hydrogen) atoms. The third-order valence-electron chi connectivity index (χ3n) is 6.37. The van der Waals surface area contributed by atoms with Crippen molar-refractivity contribution < 1.29 is 38.1 Å². The monoisotopic (exact) mass is 628 g/mol. The van der Waals surface area contributed by atoms with Gasteiger partial charge in [0.05, 0.1) is 25.8 Å². The van der Waals surface area contributed by atoms with Crippen molar-refractivity contribution in [1.82, 2.24) is 29.2 Å². The molecule has 0 aliphatic carbocycles. The third-order valence-corrected chi connectivity index (χ3v) is 6.37. The summed E-state index contributed by atoms with van der Waals surface area (Å²) in [7, 11) is 0. The number of aromatic amines is 1. The van der Waals surface area contributed by atoms with Crippen molar-refractivity contribution in [2.24, 2.45) is 0 Å². The van der Waals surface area contributed by atoms with E-state index in [4.69, 9.17) is 9.47 Å². The number of carboxylic acid groups (broad SMARTS) is 1. The number of hydrogen-bond donors (Lipinski definition) is 2. The molecular formula is C28H45FN6O9. The summed E-state index contributed by atoms with van der Waals surface area (Å²) in [5.41, 5.74) is -3.59. The van der Waals surface area contributed by atoms with Crippen LogP contribution < -0.4 is 11.2 Å². The second-order valence-electron chi connectivity index (χ2n) is 12.6. The quantitative estimate of drug-likeness (QED) is 0.343. The summed E-state index contributed by atoms with van der Waals surface area (Å²) < 4.78 is 25.5. The second-order valence-corrected chi connectivity index (χ2v) is 12.6. The van der Waals surface area contributed by atoms with Gasteiger partial charge in [0.2, 0.25) is 11.7 Å². The van der Waals surface area contributed by atoms with Gasteiger partial charge in [-0.25, -0.2) is 4.79 Å². The summed E-state index contributed by atoms with van der Waals surface area (Å²) in [6.07, 6.45) is 0.663. The van der Waals surface area contributed by atoms with Crippen molar-refractivity contribution in [1.29, 1.82) is 0 Å². The van der Waals surface area contributed by atoms with Crippen molar-refractivity contribution in [2.75, 3.05) is 72.0 Å². The molecule has 1 fully saturated rings. The van der Waals surface area contributed by atoms with Gasteiger partial charge in [-0.05, 0) is 41.5 Å². The van der Waals surface area contributed by atoms with Crippen molar-refractivity contribution in [3.63, 3.8) is 0 Å². The van der Waals surface area contributed by atoms with Gasteiger partial charge >= 0.3 is 23.6 Å². The highest BCUT2D eigenvalue weighted by atomic mass is 19.1. The summed E-state index contributed by atoms with van der Waals surface area (Å²) in [5.74, 6) is -3.79. The number of hydrogen-bond acceptors (Lipinski definition) is 11. The normalized spacial score (nSPS) is 16.9. The minimum Gasteiger partial charge on any atom is -0.480 e. The van der Waals surface area contributed by atoms with Crippen LogP contribution in [0.25, 0.3) is 0 Å². The Labute approximate surface area is 255 Å². The van der Waals surface area contributed by atoms with Gasteiger partial charge in [0.15, 0.2) is 0 Å². The van der Waals surface area contributed by atoms with Gasteiger partial charge < -0.3 is 19.5 Å². The third kappa shape index (κ3) is 13.8. The molecule has 1 amide bonds. The predicted octanol–water partition coefficient (Wildman–Crippen LogP) is -0.808. The second kappa shape index (κ2) is 15.9. The molecule has 248 valence electrons. The van der Waals surface area contributed by atoms with Crippen LogP contribution >= 0.6 is 0 Å². The van der Waals surface area contributed by atoms with E-state index >= 15 is 0 Å². The van der Waals surface area contributed by atoms with Gasteiger partial charge in [-0.15, -0.1) is 0 Å². The number of carbonyl (C=O) groups excluding carboxylic acids is 3. The molecule has 2 rings (SSSR count). The maximum atomic E-state index is 13.9. The molecule has 0 saturated carbocycles. The molecule has 0 radical (unpaired) electrons. The lowest BCUT2D eigenvalue weighted by molar-refractivity contribution is -0.157. The summed E-state index contributed by atoms with van der Waals surface area (Å²) in [4.78, 5) is 82.4. The first-order valence-corrected chi connectivity index (χ1v) is 14.4. The van der Waals surface area contributed by atoms with E-state index in [1.807, 2.05) is 4.98 Å². The van der Waals surface area contributed by atoms with E-state index in [0.29, 0.717) is 6.20 Å². The molecule has 0 bridgehead atoms. The number of esters is 2. The minimum atomic E-state index is -1.22. The van der Waals surface area contributed by atoms with Crippen molar-refractivity contribution in [3.05, 3.63) is 32.9 Å². The van der Waals surface area contributed by atoms with E-state index in [0.717, 1.165) is 4.57 Å². The molecule has 15 nitrogen and oxygen atoms in total. The highest BCUT2D eigenvalue weighted by Crippen LogP contribution is 2.10. The number of rotatable bonds is 8. The number of aliphatic carboxylic acids is 1. The molecule has 0 aromatic carbocycles. The van der Waals surface area contributed by atoms with Crippen LogP contribution in [0.3, 0.4) is 0 Å². The lowest BCUT2D eigenvalue weighted by Crippen LogP contribution is -2.50. The van der Waals surface area contributed by atoms with Crippen LogP contribution in [-0.2, 0) is 35.2 Å². The number of nitrogens with one attached hydrogen (secondary N) is 1. The Morgan fingerprint density at radius 3 is 1.57 bits per heavy atom. The first kappa shape index (κ1) is 36.6. The molecule has 1 aromatic rings. The number of halogens is 1. The molecule has 1 aromatic heterocycles. The summed E-state index contributed by atoms with van der Waals surface area (Å²) in [6, 6.07) is 0. The van der Waals surface area contributed by atoms with Gasteiger partial charge in [-0.2, -0.15) is 4.39 Å². The number of H-pyrrole nitrogens is 1. The fourth-order valence-corrected chi connectivity index (χ4v) is 4.41. The van der Waals surface area contributed by atoms with Gasteiger partial charge in [-0.3, -0.25) is 48.2 Å². The van der Waals surface area contributed by atoms with Gasteiger partial charge in [-0.1, -0.05) is 0 Å². The van der Waals surface area contributed by atoms with Crippen LogP contribution in [0.2, 0.25) is 0 Å². The maximum Gasteiger partial charge on any atom is 0.328 e. The van der Waals surface area contributed by atoms with Crippen molar-refractivity contribution in [3.8, 4) is 0 Å². The van der Waals surface area contributed by atoms with Crippen LogP contribution in [0, 0.1) is 5.82 Å². The highest BCUT2D eigenvalue weighted by Gasteiger charge is 2.25. The highest BCUT2D eigenvalue weighted by molar-refractivity contribution is 5.76. The number of carbonyl (C=O) groups is 4. The van der Waals surface area contributed by atoms with Crippen molar-refractivity contribution >= 4 is 23.8 Å². The van der Waals surface area contributed by atoms with Crippen molar-refractivity contribution in [2.45, 2.75) is 59.3 Å². The Hall–Kier alpha value is -3.63. The molecule has 0 atom stereocenters. The smallest absolute Gasteiger partial charge is 0.328 e. The molecule has 1 saturated heterocycles. The summed E-state index contributed by atoms with van der Waals surface area (Å²) in [5, 5.41) is 9.47. The fraction of sp³-hybridized carbons (Fsp3) is 0.714. The van der Waals surface area contributed by atoms with Gasteiger partial charge in [0.25, 0.3) is 5.56 Å². The van der Waals surface area contributed by atoms with E-state index in [9.17, 15) is 38.3 Å². The molecule has 2 heterocycles. The van der Waals surface area contributed by atoms with E-state index in [1.165, 1.54) is 4.90 Å². The number of ether oxygens (including phenoxy) is 2. The number of carboxylic acids is 1. The van der Waals surface area contributed by atoms with Crippen LogP contribution in [-0.4, -0.2) is 141 Å². The molecule has 0 unspecified atom stereocenters. The van der Waals surface area contributed by atoms with Gasteiger partial charge in [0.1, 0.15) is 17.7 Å². The topological polar surface area (TPSA) is 175 Å². The maximum absolute atomic E-state index is 13.9. The Morgan fingerprint density at radius 2 is 1.16 bits per heavy atom. The Morgan fingerprint density at radius 1 is 0.750 bits per heavy atom. The first-order valence-electron chi connectivity index (χ1n) is 14.4. The van der Waals surface area contributed by atoms with Crippen LogP contribution in [0.1, 0.15) is 41.5 Å². The van der Waals surface area contributed by atoms with Gasteiger partial charge in [0, 0.05) is 52.4 Å². The fourth-order valence-electron chi connectivity index (χ4n) is 4.41. The summed E-state index contributed by atoms with van der Waals surface area (Å²) >= 11 is 0. The lowest BCUT2D eigenvalue weighted by atomic mass is 10.2. The number of aromatic nitrogens is 2. The lowest BCUT2D eigenvalue weighted by Gasteiger charge is -2.34. The van der Waals surface area contributed by atoms with Crippen LogP contribution in [0.5, 0.6) is 0 Å². The average molecular weight is 629 g/mol. The minimum absolute atomic E-state index is 0.0847. The molecular weight excluding hydrogens is 583 g/mol. The van der Waals surface area contributed by atoms with E-state index in [2.05, 4.69) is 0 Å². The van der Waals surface area contributed by atoms with Crippen LogP contribution in [0.4, 0.5) is 4.39 Å². The standard InChI is InChI=1S/C28H45FN6O9/c1-27(2,3)43-23(39)18-32-9-7-31(17-22(37)38)8-10-33(19-24(40)44-28(4,5)6)12-14-34(13-11-32)21(36)16-35-15-20(29)25(41)30-26(35)42/h15H,7-14,16-19H2,1-6H3,(H,37,38)(H,30,41,42). The molecule has 1 aliphatic heterocycles. The van der Waals surface area contributed by atoms with E-state index in [1.54, 1.807) is 56.2 Å². The number of amides is 1. The Balaban J connectivity index is 2.34. The molecule has 1 aliphatic rings. The Kier molecular flexibility index (Phi) is 13.2. The van der Waals surface area contributed by atoms with Crippen LogP contribution in [0.15, 0.2) is 15.8 Å². The first-order chi connectivity index (χ1) is 20.3.